The molecule has 0 N–H and O–H groups in total. The number of carbonyl (C=O) groups excluding carboxylic acids is 1. The third-order valence-electron chi connectivity index (χ3n) is 2.41. The summed E-state index contributed by atoms with van der Waals surface area (Å²) < 4.78 is 37.0. The first-order chi connectivity index (χ1) is 7.73. The molecule has 0 aliphatic rings. The summed E-state index contributed by atoms with van der Waals surface area (Å²) in [5, 5.41) is 0. The van der Waals surface area contributed by atoms with Gasteiger partial charge in [-0.3, -0.25) is 4.79 Å². The molecule has 0 saturated heterocycles. The van der Waals surface area contributed by atoms with Crippen LogP contribution in [0.4, 0.5) is 18.9 Å². The van der Waals surface area contributed by atoms with Crippen molar-refractivity contribution in [1.82, 2.24) is 0 Å². The van der Waals surface area contributed by atoms with Crippen LogP contribution < -0.4 is 4.90 Å². The largest absolute Gasteiger partial charge is 0.416 e. The van der Waals surface area contributed by atoms with E-state index in [2.05, 4.69) is 0 Å². The molecule has 0 fully saturated rings. The van der Waals surface area contributed by atoms with Crippen molar-refractivity contribution in [3.8, 4) is 0 Å². The van der Waals surface area contributed by atoms with Crippen LogP contribution in [0.15, 0.2) is 24.3 Å². The van der Waals surface area contributed by atoms with Gasteiger partial charge in [0.25, 0.3) is 0 Å². The molecule has 0 aliphatic heterocycles. The summed E-state index contributed by atoms with van der Waals surface area (Å²) in [4.78, 5) is 13.0. The lowest BCUT2D eigenvalue weighted by atomic mass is 10.1. The first kappa shape index (κ1) is 13.5. The number of rotatable bonds is 2. The van der Waals surface area contributed by atoms with Crippen molar-refractivity contribution in [1.29, 1.82) is 0 Å². The molecule has 0 saturated carbocycles. The number of alkyl halides is 3. The second kappa shape index (κ2) is 4.77. The van der Waals surface area contributed by atoms with Gasteiger partial charge in [-0.2, -0.15) is 13.2 Å². The average molecular weight is 245 g/mol. The Kier molecular flexibility index (Phi) is 3.80. The van der Waals surface area contributed by atoms with Gasteiger partial charge in [0, 0.05) is 18.7 Å². The molecule has 1 rings (SSSR count). The molecule has 0 bridgehead atoms. The van der Waals surface area contributed by atoms with E-state index in [9.17, 15) is 18.0 Å². The van der Waals surface area contributed by atoms with Crippen LogP contribution >= 0.6 is 0 Å². The van der Waals surface area contributed by atoms with Crippen molar-refractivity contribution >= 4 is 11.6 Å². The predicted molar refractivity (Wildman–Crippen MR) is 59.7 cm³/mol. The van der Waals surface area contributed by atoms with Gasteiger partial charge in [-0.15, -0.1) is 0 Å². The highest BCUT2D eigenvalue weighted by atomic mass is 19.4. The van der Waals surface area contributed by atoms with Crippen LogP contribution in [0.25, 0.3) is 0 Å². The fraction of sp³-hybridized carbons (Fsp3) is 0.417. The Morgan fingerprint density at radius 3 is 2.00 bits per heavy atom. The highest BCUT2D eigenvalue weighted by Crippen LogP contribution is 2.30. The third kappa shape index (κ3) is 3.22. The molecular formula is C12H14F3NO. The van der Waals surface area contributed by atoms with Gasteiger partial charge >= 0.3 is 6.18 Å². The first-order valence-corrected chi connectivity index (χ1v) is 5.18. The maximum atomic E-state index is 12.3. The summed E-state index contributed by atoms with van der Waals surface area (Å²) in [6.45, 7) is 3.48. The summed E-state index contributed by atoms with van der Waals surface area (Å²) >= 11 is 0. The molecule has 94 valence electrons. The molecule has 0 aliphatic carbocycles. The van der Waals surface area contributed by atoms with Crippen molar-refractivity contribution in [2.75, 3.05) is 11.9 Å². The van der Waals surface area contributed by atoms with Gasteiger partial charge in [0.2, 0.25) is 5.91 Å². The molecule has 0 spiro atoms. The van der Waals surface area contributed by atoms with Gasteiger partial charge in [-0.05, 0) is 24.3 Å². The molecule has 0 unspecified atom stereocenters. The lowest BCUT2D eigenvalue weighted by Crippen LogP contribution is -2.30. The zero-order chi connectivity index (χ0) is 13.2. The topological polar surface area (TPSA) is 20.3 Å². The van der Waals surface area contributed by atoms with Gasteiger partial charge in [0.15, 0.2) is 0 Å². The molecule has 1 aromatic rings. The summed E-state index contributed by atoms with van der Waals surface area (Å²) in [7, 11) is 1.55. The van der Waals surface area contributed by atoms with Gasteiger partial charge in [0.1, 0.15) is 0 Å². The Bertz CT molecular complexity index is 395. The Hall–Kier alpha value is -1.52. The van der Waals surface area contributed by atoms with Crippen molar-refractivity contribution in [3.63, 3.8) is 0 Å². The molecule has 0 aromatic heterocycles. The van der Waals surface area contributed by atoms with Gasteiger partial charge in [-0.1, -0.05) is 13.8 Å². The Morgan fingerprint density at radius 1 is 1.18 bits per heavy atom. The third-order valence-corrected chi connectivity index (χ3v) is 2.41. The minimum absolute atomic E-state index is 0.134. The van der Waals surface area contributed by atoms with Crippen LogP contribution in [0.5, 0.6) is 0 Å². The van der Waals surface area contributed by atoms with Crippen molar-refractivity contribution in [3.05, 3.63) is 29.8 Å². The van der Waals surface area contributed by atoms with Crippen LogP contribution in [0.2, 0.25) is 0 Å². The second-order valence-corrected chi connectivity index (χ2v) is 4.10. The summed E-state index contributed by atoms with van der Waals surface area (Å²) in [5.41, 5.74) is -0.261. The maximum absolute atomic E-state index is 12.3. The summed E-state index contributed by atoms with van der Waals surface area (Å²) in [6, 6.07) is 4.53. The fourth-order valence-electron chi connectivity index (χ4n) is 1.39. The normalized spacial score (nSPS) is 11.7. The van der Waals surface area contributed by atoms with Crippen molar-refractivity contribution < 1.29 is 18.0 Å². The maximum Gasteiger partial charge on any atom is 0.416 e. The second-order valence-electron chi connectivity index (χ2n) is 4.10. The van der Waals surface area contributed by atoms with Crippen LogP contribution in [0.3, 0.4) is 0 Å². The molecule has 1 amide bonds. The molecule has 0 atom stereocenters. The molecule has 17 heavy (non-hydrogen) atoms. The lowest BCUT2D eigenvalue weighted by Gasteiger charge is -2.20. The molecule has 0 heterocycles. The SMILES string of the molecule is CC(C)C(=O)N(C)c1ccc(C(F)(F)F)cc1. The van der Waals surface area contributed by atoms with Crippen molar-refractivity contribution in [2.24, 2.45) is 5.92 Å². The number of benzene rings is 1. The van der Waals surface area contributed by atoms with E-state index < -0.39 is 11.7 Å². The van der Waals surface area contributed by atoms with E-state index in [1.807, 2.05) is 0 Å². The Balaban J connectivity index is 2.92. The van der Waals surface area contributed by atoms with E-state index >= 15 is 0 Å². The van der Waals surface area contributed by atoms with Gasteiger partial charge in [-0.25, -0.2) is 0 Å². The molecule has 2 nitrogen and oxygen atoms in total. The zero-order valence-corrected chi connectivity index (χ0v) is 9.88. The van der Waals surface area contributed by atoms with E-state index in [0.717, 1.165) is 12.1 Å². The number of hydrogen-bond acceptors (Lipinski definition) is 1. The number of hydrogen-bond donors (Lipinski definition) is 0. The van der Waals surface area contributed by atoms with E-state index in [-0.39, 0.29) is 11.8 Å². The minimum Gasteiger partial charge on any atom is -0.315 e. The lowest BCUT2D eigenvalue weighted by molar-refractivity contribution is -0.137. The standard InChI is InChI=1S/C12H14F3NO/c1-8(2)11(17)16(3)10-6-4-9(5-7-10)12(13,14)15/h4-8H,1-3H3. The Morgan fingerprint density at radius 2 is 1.65 bits per heavy atom. The highest BCUT2D eigenvalue weighted by Gasteiger charge is 2.30. The number of amides is 1. The van der Waals surface area contributed by atoms with Gasteiger partial charge in [0.05, 0.1) is 5.56 Å². The van der Waals surface area contributed by atoms with E-state index in [0.29, 0.717) is 5.69 Å². The monoisotopic (exact) mass is 245 g/mol. The number of carbonyl (C=O) groups is 1. The quantitative estimate of drug-likeness (QED) is 0.782. The van der Waals surface area contributed by atoms with E-state index in [4.69, 9.17) is 0 Å². The predicted octanol–water partition coefficient (Wildman–Crippen LogP) is 3.32. The number of halogens is 3. The van der Waals surface area contributed by atoms with Crippen LogP contribution in [-0.4, -0.2) is 13.0 Å². The Labute approximate surface area is 98.0 Å². The number of nitrogens with zero attached hydrogens (tertiary/aromatic N) is 1. The van der Waals surface area contributed by atoms with Crippen LogP contribution in [0, 0.1) is 5.92 Å². The molecular weight excluding hydrogens is 231 g/mol. The first-order valence-electron chi connectivity index (χ1n) is 5.18. The van der Waals surface area contributed by atoms with E-state index in [1.54, 1.807) is 20.9 Å². The van der Waals surface area contributed by atoms with Gasteiger partial charge < -0.3 is 4.90 Å². The smallest absolute Gasteiger partial charge is 0.315 e. The summed E-state index contributed by atoms with van der Waals surface area (Å²) in [5.74, 6) is -0.327. The average Bonchev–Trinajstić information content (AvgIpc) is 2.26. The van der Waals surface area contributed by atoms with Crippen LogP contribution in [-0.2, 0) is 11.0 Å². The van der Waals surface area contributed by atoms with E-state index in [1.165, 1.54) is 17.0 Å². The highest BCUT2D eigenvalue weighted by molar-refractivity contribution is 5.94. The molecule has 1 aromatic carbocycles. The minimum atomic E-state index is -4.35. The molecule has 0 radical (unpaired) electrons. The summed E-state index contributed by atoms with van der Waals surface area (Å²) in [6.07, 6.45) is -4.35. The zero-order valence-electron chi connectivity index (χ0n) is 9.88. The number of anilines is 1. The fourth-order valence-corrected chi connectivity index (χ4v) is 1.39. The molecule has 5 heteroatoms. The van der Waals surface area contributed by atoms with Crippen molar-refractivity contribution in [2.45, 2.75) is 20.0 Å². The van der Waals surface area contributed by atoms with Crippen LogP contribution in [0.1, 0.15) is 19.4 Å².